The molecule has 0 aliphatic carbocycles. The van der Waals surface area contributed by atoms with Crippen molar-refractivity contribution in [2.45, 2.75) is 109 Å². The molecule has 2 rings (SSSR count). The molecule has 7 nitrogen and oxygen atoms in total. The lowest BCUT2D eigenvalue weighted by atomic mass is 10.0. The SMILES string of the molecule is CCCCCCCCCCCCCCCC(=O)OCC1CO[B-]2(OCC(CO)O2)O1. The van der Waals surface area contributed by atoms with Gasteiger partial charge in [-0.3, -0.25) is 4.79 Å². The van der Waals surface area contributed by atoms with Gasteiger partial charge >= 0.3 is 12.9 Å². The van der Waals surface area contributed by atoms with Gasteiger partial charge in [0, 0.05) is 19.6 Å². The molecule has 2 aliphatic heterocycles. The quantitative estimate of drug-likeness (QED) is 0.210. The molecular weight excluding hydrogens is 387 g/mol. The van der Waals surface area contributed by atoms with E-state index in [1.54, 1.807) is 0 Å². The minimum atomic E-state index is -2.24. The van der Waals surface area contributed by atoms with E-state index in [-0.39, 0.29) is 32.4 Å². The fourth-order valence-electron chi connectivity index (χ4n) is 3.97. The average Bonchev–Trinajstić information content (AvgIpc) is 3.36. The fourth-order valence-corrected chi connectivity index (χ4v) is 3.97. The molecule has 0 aromatic heterocycles. The summed E-state index contributed by atoms with van der Waals surface area (Å²) in [6.07, 6.45) is 16.3. The molecule has 8 heteroatoms. The van der Waals surface area contributed by atoms with Gasteiger partial charge in [-0.1, -0.05) is 84.0 Å². The molecule has 30 heavy (non-hydrogen) atoms. The number of hydrogen-bond donors (Lipinski definition) is 1. The standard InChI is InChI=1S/C22H42BO7/c1-2-3-4-5-6-7-8-9-10-11-12-13-14-15-22(25)26-17-21-19-28-23(30-21)27-18-20(16-24)29-23/h20-21,24H,2-19H2,1H3/q-1. The Morgan fingerprint density at radius 2 is 1.33 bits per heavy atom. The normalized spacial score (nSPS) is 25.9. The summed E-state index contributed by atoms with van der Waals surface area (Å²) in [4.78, 5) is 11.9. The van der Waals surface area contributed by atoms with Crippen LogP contribution >= 0.6 is 0 Å². The van der Waals surface area contributed by atoms with Crippen LogP contribution in [-0.2, 0) is 28.1 Å². The second kappa shape index (κ2) is 15.2. The third kappa shape index (κ3) is 10.1. The van der Waals surface area contributed by atoms with Crippen LogP contribution in [0.25, 0.3) is 0 Å². The van der Waals surface area contributed by atoms with Crippen LogP contribution in [0.2, 0.25) is 0 Å². The first-order valence-corrected chi connectivity index (χ1v) is 12.2. The van der Waals surface area contributed by atoms with Gasteiger partial charge in [0.2, 0.25) is 0 Å². The van der Waals surface area contributed by atoms with Gasteiger partial charge in [0.05, 0.1) is 18.8 Å². The van der Waals surface area contributed by atoms with Crippen molar-refractivity contribution >= 4 is 12.9 Å². The van der Waals surface area contributed by atoms with Crippen molar-refractivity contribution in [2.75, 3.05) is 26.4 Å². The van der Waals surface area contributed by atoms with Crippen LogP contribution < -0.4 is 0 Å². The summed E-state index contributed by atoms with van der Waals surface area (Å²) in [5.74, 6) is -0.198. The summed E-state index contributed by atoms with van der Waals surface area (Å²) >= 11 is 0. The Labute approximate surface area is 182 Å². The van der Waals surface area contributed by atoms with Crippen LogP contribution in [0.15, 0.2) is 0 Å². The van der Waals surface area contributed by atoms with Crippen molar-refractivity contribution < 1.29 is 33.3 Å². The van der Waals surface area contributed by atoms with Gasteiger partial charge in [-0.25, -0.2) is 0 Å². The Hall–Kier alpha value is -0.665. The van der Waals surface area contributed by atoms with Crippen molar-refractivity contribution in [3.8, 4) is 0 Å². The van der Waals surface area contributed by atoms with Gasteiger partial charge < -0.3 is 28.5 Å². The van der Waals surface area contributed by atoms with Gasteiger partial charge in [0.15, 0.2) is 0 Å². The predicted octanol–water partition coefficient (Wildman–Crippen LogP) is 4.27. The lowest BCUT2D eigenvalue weighted by Crippen LogP contribution is -2.41. The number of ether oxygens (including phenoxy) is 1. The first-order chi connectivity index (χ1) is 14.7. The van der Waals surface area contributed by atoms with Crippen LogP contribution in [0.5, 0.6) is 0 Å². The molecule has 3 unspecified atom stereocenters. The number of carbonyl (C=O) groups excluding carboxylic acids is 1. The van der Waals surface area contributed by atoms with Gasteiger partial charge in [-0.05, 0) is 6.42 Å². The molecule has 0 radical (unpaired) electrons. The molecule has 2 saturated heterocycles. The van der Waals surface area contributed by atoms with Gasteiger partial charge in [-0.15, -0.1) is 0 Å². The summed E-state index contributed by atoms with van der Waals surface area (Å²) in [5, 5.41) is 9.09. The number of aliphatic hydroxyl groups excluding tert-OH is 1. The monoisotopic (exact) mass is 429 g/mol. The van der Waals surface area contributed by atoms with Crippen LogP contribution in [0.4, 0.5) is 0 Å². The van der Waals surface area contributed by atoms with E-state index in [9.17, 15) is 4.79 Å². The highest BCUT2D eigenvalue weighted by atomic mass is 16.9. The van der Waals surface area contributed by atoms with E-state index in [0.29, 0.717) is 6.42 Å². The van der Waals surface area contributed by atoms with Crippen LogP contribution in [0.3, 0.4) is 0 Å². The summed E-state index contributed by atoms with van der Waals surface area (Å²) in [5.41, 5.74) is 0. The van der Waals surface area contributed by atoms with Gasteiger partial charge in [0.1, 0.15) is 6.61 Å². The zero-order valence-electron chi connectivity index (χ0n) is 18.9. The maximum atomic E-state index is 11.9. The second-order valence-corrected chi connectivity index (χ2v) is 8.62. The smallest absolute Gasteiger partial charge is 0.517 e. The van der Waals surface area contributed by atoms with E-state index >= 15 is 0 Å². The number of hydrogen-bond acceptors (Lipinski definition) is 7. The Morgan fingerprint density at radius 3 is 1.87 bits per heavy atom. The molecule has 0 bridgehead atoms. The van der Waals surface area contributed by atoms with E-state index in [1.807, 2.05) is 0 Å². The first-order valence-electron chi connectivity index (χ1n) is 12.2. The van der Waals surface area contributed by atoms with Crippen molar-refractivity contribution in [3.05, 3.63) is 0 Å². The van der Waals surface area contributed by atoms with Crippen molar-refractivity contribution in [2.24, 2.45) is 0 Å². The van der Waals surface area contributed by atoms with E-state index in [1.165, 1.54) is 70.6 Å². The maximum absolute atomic E-state index is 11.9. The average molecular weight is 429 g/mol. The molecule has 1 N–H and O–H groups in total. The Balaban J connectivity index is 1.36. The minimum Gasteiger partial charge on any atom is -0.517 e. The van der Waals surface area contributed by atoms with E-state index in [4.69, 9.17) is 28.5 Å². The number of rotatable bonds is 17. The van der Waals surface area contributed by atoms with Crippen molar-refractivity contribution in [1.82, 2.24) is 0 Å². The molecule has 0 aromatic carbocycles. The number of unbranched alkanes of at least 4 members (excludes halogenated alkanes) is 12. The summed E-state index contributed by atoms with van der Waals surface area (Å²) in [6, 6.07) is 0. The van der Waals surface area contributed by atoms with E-state index in [2.05, 4.69) is 6.92 Å². The van der Waals surface area contributed by atoms with Gasteiger partial charge in [-0.2, -0.15) is 0 Å². The van der Waals surface area contributed by atoms with Crippen molar-refractivity contribution in [1.29, 1.82) is 0 Å². The zero-order valence-corrected chi connectivity index (χ0v) is 18.9. The number of aliphatic hydroxyl groups is 1. The molecule has 0 amide bonds. The zero-order chi connectivity index (χ0) is 21.5. The molecule has 2 fully saturated rings. The predicted molar refractivity (Wildman–Crippen MR) is 116 cm³/mol. The Morgan fingerprint density at radius 1 is 0.833 bits per heavy atom. The fraction of sp³-hybridized carbons (Fsp3) is 0.955. The Kier molecular flexibility index (Phi) is 13.0. The summed E-state index contributed by atoms with van der Waals surface area (Å²) < 4.78 is 27.2. The third-order valence-electron chi connectivity index (χ3n) is 5.81. The summed E-state index contributed by atoms with van der Waals surface area (Å²) in [6.45, 7) is 0.501. The molecule has 0 aromatic rings. The van der Waals surface area contributed by atoms with Gasteiger partial charge in [0.25, 0.3) is 0 Å². The van der Waals surface area contributed by atoms with Crippen LogP contribution in [0, 0.1) is 0 Å². The largest absolute Gasteiger partial charge is 0.532 e. The highest BCUT2D eigenvalue weighted by Crippen LogP contribution is 2.28. The molecule has 0 saturated carbocycles. The van der Waals surface area contributed by atoms with Crippen LogP contribution in [-0.4, -0.2) is 56.7 Å². The van der Waals surface area contributed by atoms with E-state index in [0.717, 1.165) is 12.8 Å². The second-order valence-electron chi connectivity index (χ2n) is 8.62. The number of carbonyl (C=O) groups is 1. The maximum Gasteiger partial charge on any atom is 0.532 e. The molecule has 1 spiro atoms. The molecule has 2 heterocycles. The lowest BCUT2D eigenvalue weighted by Gasteiger charge is -2.28. The topological polar surface area (TPSA) is 83.5 Å². The Bertz CT molecular complexity index is 465. The minimum absolute atomic E-state index is 0.136. The highest BCUT2D eigenvalue weighted by molar-refractivity contribution is 6.54. The molecular formula is C22H42BO7-. The summed E-state index contributed by atoms with van der Waals surface area (Å²) in [7, 11) is 0. The number of esters is 1. The first kappa shape index (κ1) is 25.6. The molecule has 2 aliphatic rings. The third-order valence-corrected chi connectivity index (χ3v) is 5.81. The molecule has 3 atom stereocenters. The van der Waals surface area contributed by atoms with Crippen LogP contribution in [0.1, 0.15) is 96.8 Å². The van der Waals surface area contributed by atoms with E-state index < -0.39 is 19.2 Å². The highest BCUT2D eigenvalue weighted by Gasteiger charge is 2.46. The van der Waals surface area contributed by atoms with Crippen molar-refractivity contribution in [3.63, 3.8) is 0 Å². The lowest BCUT2D eigenvalue weighted by molar-refractivity contribution is -0.146. The molecule has 176 valence electrons.